The number of nitrogens with zero attached hydrogens (tertiary/aromatic N) is 2. The number of alkyl halides is 1. The van der Waals surface area contributed by atoms with Crippen LogP contribution in [-0.2, 0) is 0 Å². The number of carbonyl (C=O) groups is 1. The van der Waals surface area contributed by atoms with Crippen molar-refractivity contribution in [3.8, 4) is 0 Å². The number of urea groups is 1. The summed E-state index contributed by atoms with van der Waals surface area (Å²) in [6.07, 6.45) is 3.01. The van der Waals surface area contributed by atoms with Crippen LogP contribution in [0.4, 0.5) is 23.1 Å². The highest BCUT2D eigenvalue weighted by Gasteiger charge is 2.20. The molecule has 1 aliphatic rings. The number of anilines is 1. The van der Waals surface area contributed by atoms with E-state index in [1.165, 1.54) is 0 Å². The molecule has 0 aliphatic carbocycles. The molecule has 3 rings (SSSR count). The predicted molar refractivity (Wildman–Crippen MR) is 111 cm³/mol. The van der Waals surface area contributed by atoms with Crippen LogP contribution in [0.3, 0.4) is 0 Å². The number of amidine groups is 1. The third-order valence-electron chi connectivity index (χ3n) is 4.40. The lowest BCUT2D eigenvalue weighted by atomic mass is 10.0. The number of hydrogen-bond acceptors (Lipinski definition) is 5. The average molecular weight is 441 g/mol. The first kappa shape index (κ1) is 22.0. The molecular formula is C19H22F3N5O2S. The number of carbonyl (C=O) groups excluding carboxylic acids is 1. The maximum Gasteiger partial charge on any atom is 0.321 e. The number of aliphatic imine (C=N–C) groups is 1. The van der Waals surface area contributed by atoms with E-state index in [-0.39, 0.29) is 42.6 Å². The van der Waals surface area contributed by atoms with E-state index in [9.17, 15) is 18.0 Å². The number of aliphatic hydroxyl groups excluding tert-OH is 1. The number of amides is 2. The summed E-state index contributed by atoms with van der Waals surface area (Å²) in [6.45, 7) is 0.480. The molecule has 7 nitrogen and oxygen atoms in total. The Kier molecular flexibility index (Phi) is 7.63. The van der Waals surface area contributed by atoms with Crippen molar-refractivity contribution in [2.24, 2.45) is 4.99 Å². The summed E-state index contributed by atoms with van der Waals surface area (Å²) in [5.74, 6) is -1.76. The first-order valence-electron chi connectivity index (χ1n) is 9.50. The van der Waals surface area contributed by atoms with E-state index in [0.29, 0.717) is 11.1 Å². The van der Waals surface area contributed by atoms with Gasteiger partial charge in [0.1, 0.15) is 5.84 Å². The summed E-state index contributed by atoms with van der Waals surface area (Å²) in [5, 5.41) is 16.9. The normalized spacial score (nSPS) is 17.7. The molecule has 0 saturated carbocycles. The molecule has 1 aromatic heterocycles. The number of halogens is 3. The largest absolute Gasteiger partial charge is 0.396 e. The minimum absolute atomic E-state index is 0.128. The molecule has 11 heteroatoms. The van der Waals surface area contributed by atoms with Gasteiger partial charge in [0.2, 0.25) is 0 Å². The molecule has 0 fully saturated rings. The number of aliphatic hydroxyl groups is 1. The summed E-state index contributed by atoms with van der Waals surface area (Å²) >= 11 is 1.02. The van der Waals surface area contributed by atoms with Gasteiger partial charge in [-0.25, -0.2) is 22.9 Å². The summed E-state index contributed by atoms with van der Waals surface area (Å²) in [4.78, 5) is 20.1. The Bertz CT molecular complexity index is 924. The first-order valence-corrected chi connectivity index (χ1v) is 10.3. The van der Waals surface area contributed by atoms with Gasteiger partial charge in [0, 0.05) is 31.8 Å². The Morgan fingerprint density at radius 2 is 2.13 bits per heavy atom. The van der Waals surface area contributed by atoms with Gasteiger partial charge >= 0.3 is 6.03 Å². The summed E-state index contributed by atoms with van der Waals surface area (Å²) in [6, 6.07) is 1.45. The van der Waals surface area contributed by atoms with E-state index >= 15 is 0 Å². The zero-order valence-electron chi connectivity index (χ0n) is 16.1. The summed E-state index contributed by atoms with van der Waals surface area (Å²) in [7, 11) is 0. The molecule has 0 bridgehead atoms. The zero-order valence-corrected chi connectivity index (χ0v) is 16.9. The van der Waals surface area contributed by atoms with Gasteiger partial charge in [-0.3, -0.25) is 10.3 Å². The quantitative estimate of drug-likeness (QED) is 0.472. The molecule has 30 heavy (non-hydrogen) atoms. The van der Waals surface area contributed by atoms with Gasteiger partial charge in [-0.05, 0) is 25.3 Å². The van der Waals surface area contributed by atoms with Gasteiger partial charge < -0.3 is 15.7 Å². The molecule has 1 aliphatic heterocycles. The number of nitrogens with one attached hydrogen (secondary N) is 3. The highest BCUT2D eigenvalue weighted by atomic mass is 32.1. The highest BCUT2D eigenvalue weighted by Crippen LogP contribution is 2.27. The van der Waals surface area contributed by atoms with Crippen molar-refractivity contribution in [3.63, 3.8) is 0 Å². The van der Waals surface area contributed by atoms with E-state index in [2.05, 4.69) is 25.9 Å². The zero-order chi connectivity index (χ0) is 21.5. The Morgan fingerprint density at radius 1 is 1.33 bits per heavy atom. The van der Waals surface area contributed by atoms with Gasteiger partial charge in [0.05, 0.1) is 16.8 Å². The fraction of sp³-hybridized carbons (Fsp3) is 0.421. The van der Waals surface area contributed by atoms with Crippen molar-refractivity contribution >= 4 is 38.6 Å². The molecule has 1 atom stereocenters. The number of allylic oxidation sites excluding steroid dienone is 1. The first-order chi connectivity index (χ1) is 14.5. The second kappa shape index (κ2) is 10.4. The lowest BCUT2D eigenvalue weighted by molar-refractivity contribution is 0.252. The fourth-order valence-corrected chi connectivity index (χ4v) is 3.77. The molecular weight excluding hydrogens is 419 g/mol. The molecule has 0 radical (unpaired) electrons. The minimum Gasteiger partial charge on any atom is -0.396 e. The molecule has 2 heterocycles. The van der Waals surface area contributed by atoms with Crippen LogP contribution in [0.15, 0.2) is 28.9 Å². The number of fused-ring (bicyclic) bond motifs is 1. The molecule has 2 aromatic rings. The highest BCUT2D eigenvalue weighted by molar-refractivity contribution is 7.22. The van der Waals surface area contributed by atoms with Gasteiger partial charge in [0.15, 0.2) is 22.9 Å². The summed E-state index contributed by atoms with van der Waals surface area (Å²) < 4.78 is 41.1. The van der Waals surface area contributed by atoms with Crippen molar-refractivity contribution in [2.45, 2.75) is 31.9 Å². The van der Waals surface area contributed by atoms with E-state index < -0.39 is 23.8 Å². The minimum atomic E-state index is -1.23. The van der Waals surface area contributed by atoms with Crippen LogP contribution >= 0.6 is 11.3 Å². The Labute approximate surface area is 175 Å². The van der Waals surface area contributed by atoms with Crippen molar-refractivity contribution in [2.75, 3.05) is 25.0 Å². The van der Waals surface area contributed by atoms with Crippen molar-refractivity contribution in [3.05, 3.63) is 35.5 Å². The van der Waals surface area contributed by atoms with E-state index in [4.69, 9.17) is 5.11 Å². The Balaban J connectivity index is 1.43. The van der Waals surface area contributed by atoms with Crippen LogP contribution in [0.5, 0.6) is 0 Å². The fourth-order valence-electron chi connectivity index (χ4n) is 2.90. The van der Waals surface area contributed by atoms with Gasteiger partial charge in [-0.15, -0.1) is 0 Å². The molecule has 162 valence electrons. The van der Waals surface area contributed by atoms with Crippen molar-refractivity contribution < 1.29 is 23.1 Å². The predicted octanol–water partition coefficient (Wildman–Crippen LogP) is 3.47. The van der Waals surface area contributed by atoms with E-state index in [0.717, 1.165) is 41.9 Å². The van der Waals surface area contributed by atoms with Crippen molar-refractivity contribution in [1.29, 1.82) is 0 Å². The van der Waals surface area contributed by atoms with Crippen LogP contribution < -0.4 is 16.0 Å². The number of thiazole rings is 1. The lowest BCUT2D eigenvalue weighted by Crippen LogP contribution is -2.35. The number of hydrogen-bond donors (Lipinski definition) is 4. The van der Waals surface area contributed by atoms with Crippen LogP contribution in [0.2, 0.25) is 0 Å². The molecule has 0 saturated heterocycles. The Hall–Kier alpha value is -2.66. The van der Waals surface area contributed by atoms with Gasteiger partial charge in [0.25, 0.3) is 0 Å². The maximum atomic E-state index is 14.2. The van der Waals surface area contributed by atoms with Gasteiger partial charge in [-0.1, -0.05) is 16.9 Å². The summed E-state index contributed by atoms with van der Waals surface area (Å²) in [5.41, 5.74) is 1.20. The van der Waals surface area contributed by atoms with Crippen molar-refractivity contribution in [1.82, 2.24) is 15.6 Å². The number of rotatable bonds is 8. The number of aromatic nitrogens is 1. The molecule has 1 aromatic carbocycles. The molecule has 4 N–H and O–H groups in total. The van der Waals surface area contributed by atoms with Crippen LogP contribution in [-0.4, -0.2) is 47.8 Å². The third-order valence-corrected chi connectivity index (χ3v) is 5.33. The topological polar surface area (TPSA) is 98.6 Å². The number of benzene rings is 1. The standard InChI is InChI=1S/C19H22F3N5O2S/c20-12-8-15-16(9-13(12)21)30-19(26-15)27-18(29)24-5-4-23-17-14(22)7-11(10-25-17)3-1-2-6-28/h8-10,14,28H,1-7H2,(H,23,25)(H2,24,26,27,29). The van der Waals surface area contributed by atoms with Crippen LogP contribution in [0.1, 0.15) is 25.7 Å². The second-order valence-electron chi connectivity index (χ2n) is 6.70. The smallest absolute Gasteiger partial charge is 0.321 e. The van der Waals surface area contributed by atoms with Crippen LogP contribution in [0.25, 0.3) is 10.2 Å². The van der Waals surface area contributed by atoms with E-state index in [1.807, 2.05) is 0 Å². The average Bonchev–Trinajstić information content (AvgIpc) is 3.07. The van der Waals surface area contributed by atoms with Gasteiger partial charge in [-0.2, -0.15) is 0 Å². The number of unbranched alkanes of at least 4 members (excludes halogenated alkanes) is 1. The Morgan fingerprint density at radius 3 is 2.90 bits per heavy atom. The third kappa shape index (κ3) is 5.92. The molecule has 1 unspecified atom stereocenters. The SMILES string of the molecule is O=C(NCCN=C1NC=C(CCCCO)CC1F)Nc1nc2cc(F)c(F)cc2s1. The maximum absolute atomic E-state index is 14.2. The van der Waals surface area contributed by atoms with E-state index in [1.54, 1.807) is 6.20 Å². The second-order valence-corrected chi connectivity index (χ2v) is 7.73. The van der Waals surface area contributed by atoms with Crippen LogP contribution in [0, 0.1) is 11.6 Å². The molecule has 0 spiro atoms. The lowest BCUT2D eigenvalue weighted by Gasteiger charge is -2.20. The molecule has 2 amide bonds. The monoisotopic (exact) mass is 441 g/mol.